The average Bonchev–Trinajstić information content (AvgIpc) is 2.88. The molecular weight excluding hydrogens is 334 g/mol. The molecule has 120 valence electrons. The van der Waals surface area contributed by atoms with Gasteiger partial charge in [0.05, 0.1) is 10.9 Å². The van der Waals surface area contributed by atoms with E-state index in [9.17, 15) is 19.5 Å². The first kappa shape index (κ1) is 16.0. The fourth-order valence-electron chi connectivity index (χ4n) is 2.98. The Kier molecular flexibility index (Phi) is 3.93. The summed E-state index contributed by atoms with van der Waals surface area (Å²) in [5.74, 6) is -2.00. The highest BCUT2D eigenvalue weighted by Crippen LogP contribution is 2.50. The van der Waals surface area contributed by atoms with Gasteiger partial charge in [0.2, 0.25) is 0 Å². The number of hydrogen-bond donors (Lipinski definition) is 2. The van der Waals surface area contributed by atoms with Crippen LogP contribution in [0.3, 0.4) is 0 Å². The molecule has 0 fully saturated rings. The van der Waals surface area contributed by atoms with Gasteiger partial charge in [0.15, 0.2) is 5.78 Å². The number of carboxylic acids is 1. The second-order valence-corrected chi connectivity index (χ2v) is 8.11. The molecule has 2 heterocycles. The van der Waals surface area contributed by atoms with E-state index in [2.05, 4.69) is 4.98 Å². The summed E-state index contributed by atoms with van der Waals surface area (Å²) in [5, 5.41) is 9.24. The SMILES string of the molecule is CC1(C)c2sc(=O)[nH]c2S[C@@H](C(=O)O)[C@H]1C(=O)c1ccccc1. The zero-order valence-electron chi connectivity index (χ0n) is 12.5. The predicted molar refractivity (Wildman–Crippen MR) is 89.5 cm³/mol. The number of thiazole rings is 1. The highest BCUT2D eigenvalue weighted by molar-refractivity contribution is 8.00. The van der Waals surface area contributed by atoms with Crippen molar-refractivity contribution in [2.24, 2.45) is 5.92 Å². The molecule has 23 heavy (non-hydrogen) atoms. The van der Waals surface area contributed by atoms with Crippen LogP contribution in [0.5, 0.6) is 0 Å². The minimum absolute atomic E-state index is 0.206. The molecule has 1 aromatic heterocycles. The Morgan fingerprint density at radius 2 is 1.87 bits per heavy atom. The smallest absolute Gasteiger partial charge is 0.317 e. The summed E-state index contributed by atoms with van der Waals surface area (Å²) >= 11 is 2.10. The van der Waals surface area contributed by atoms with E-state index in [1.807, 2.05) is 19.9 Å². The topological polar surface area (TPSA) is 87.2 Å². The van der Waals surface area contributed by atoms with E-state index in [4.69, 9.17) is 0 Å². The number of aromatic amines is 1. The Bertz CT molecular complexity index is 822. The van der Waals surface area contributed by atoms with Crippen molar-refractivity contribution in [1.29, 1.82) is 0 Å². The zero-order chi connectivity index (χ0) is 16.8. The van der Waals surface area contributed by atoms with E-state index in [0.29, 0.717) is 10.6 Å². The summed E-state index contributed by atoms with van der Waals surface area (Å²) in [6, 6.07) is 8.70. The van der Waals surface area contributed by atoms with E-state index in [0.717, 1.165) is 28.0 Å². The van der Waals surface area contributed by atoms with Crippen molar-refractivity contribution in [1.82, 2.24) is 4.98 Å². The average molecular weight is 349 g/mol. The van der Waals surface area contributed by atoms with Gasteiger partial charge in [-0.3, -0.25) is 14.4 Å². The van der Waals surface area contributed by atoms with Crippen LogP contribution in [0.25, 0.3) is 0 Å². The standard InChI is InChI=1S/C16H15NO4S2/c1-16(2)9(10(18)8-6-4-3-5-7-8)11(14(19)20)22-13-12(16)23-15(21)17-13/h3-7,9,11H,1-2H3,(H,17,21)(H,19,20)/t9-,11-/m1/s1. The molecule has 0 bridgehead atoms. The number of nitrogens with one attached hydrogen (secondary N) is 1. The van der Waals surface area contributed by atoms with Crippen LogP contribution < -0.4 is 4.87 Å². The predicted octanol–water partition coefficient (Wildman–Crippen LogP) is 2.77. The highest BCUT2D eigenvalue weighted by atomic mass is 32.2. The van der Waals surface area contributed by atoms with Crippen molar-refractivity contribution in [3.63, 3.8) is 0 Å². The number of thioether (sulfide) groups is 1. The number of Topliss-reactive ketones (excluding diaryl/α,β-unsaturated/α-hetero) is 1. The molecule has 5 nitrogen and oxygen atoms in total. The Labute approximate surface area is 140 Å². The van der Waals surface area contributed by atoms with Gasteiger partial charge >= 0.3 is 10.8 Å². The maximum absolute atomic E-state index is 13.0. The van der Waals surface area contributed by atoms with Crippen LogP contribution >= 0.6 is 23.1 Å². The lowest BCUT2D eigenvalue weighted by Gasteiger charge is -2.40. The number of rotatable bonds is 3. The van der Waals surface area contributed by atoms with Crippen LogP contribution in [0.15, 0.2) is 40.2 Å². The quantitative estimate of drug-likeness (QED) is 0.832. The van der Waals surface area contributed by atoms with E-state index in [1.165, 1.54) is 0 Å². The fraction of sp³-hybridized carbons (Fsp3) is 0.312. The lowest BCUT2D eigenvalue weighted by atomic mass is 9.71. The third kappa shape index (κ3) is 2.64. The number of ketones is 1. The number of carboxylic acid groups (broad SMARTS) is 1. The van der Waals surface area contributed by atoms with Crippen molar-refractivity contribution in [2.75, 3.05) is 0 Å². The van der Waals surface area contributed by atoms with Gasteiger partial charge in [-0.2, -0.15) is 0 Å². The second-order valence-electron chi connectivity index (χ2n) is 5.98. The molecule has 2 atom stereocenters. The fourth-order valence-corrected chi connectivity index (χ4v) is 5.66. The van der Waals surface area contributed by atoms with Crippen molar-refractivity contribution < 1.29 is 14.7 Å². The minimum Gasteiger partial charge on any atom is -0.480 e. The van der Waals surface area contributed by atoms with Crippen LogP contribution in [0.1, 0.15) is 29.1 Å². The van der Waals surface area contributed by atoms with Gasteiger partial charge in [-0.05, 0) is 0 Å². The maximum Gasteiger partial charge on any atom is 0.317 e. The zero-order valence-corrected chi connectivity index (χ0v) is 14.2. The molecule has 1 aliphatic heterocycles. The molecule has 0 radical (unpaired) electrons. The lowest BCUT2D eigenvalue weighted by molar-refractivity contribution is -0.137. The Morgan fingerprint density at radius 1 is 1.22 bits per heavy atom. The van der Waals surface area contributed by atoms with Crippen molar-refractivity contribution in [2.45, 2.75) is 29.5 Å². The first-order chi connectivity index (χ1) is 10.8. The number of fused-ring (bicyclic) bond motifs is 1. The van der Waals surface area contributed by atoms with Crippen molar-refractivity contribution >= 4 is 34.9 Å². The molecule has 3 rings (SSSR count). The van der Waals surface area contributed by atoms with Crippen LogP contribution in [0.4, 0.5) is 0 Å². The van der Waals surface area contributed by atoms with Gasteiger partial charge in [-0.25, -0.2) is 0 Å². The van der Waals surface area contributed by atoms with E-state index >= 15 is 0 Å². The molecule has 0 amide bonds. The third-order valence-electron chi connectivity index (χ3n) is 4.11. The Morgan fingerprint density at radius 3 is 2.48 bits per heavy atom. The molecule has 7 heteroatoms. The first-order valence-electron chi connectivity index (χ1n) is 7.04. The summed E-state index contributed by atoms with van der Waals surface area (Å²) in [6.07, 6.45) is 0. The second kappa shape index (κ2) is 5.65. The highest BCUT2D eigenvalue weighted by Gasteiger charge is 2.51. The van der Waals surface area contributed by atoms with Gasteiger partial charge in [0, 0.05) is 15.9 Å². The summed E-state index contributed by atoms with van der Waals surface area (Å²) < 4.78 is 0. The number of carbonyl (C=O) groups excluding carboxylic acids is 1. The minimum atomic E-state index is -1.05. The van der Waals surface area contributed by atoms with Gasteiger partial charge in [-0.15, -0.1) is 0 Å². The van der Waals surface area contributed by atoms with E-state index in [-0.39, 0.29) is 10.7 Å². The van der Waals surface area contributed by atoms with E-state index < -0.39 is 22.6 Å². The number of H-pyrrole nitrogens is 1. The van der Waals surface area contributed by atoms with Crippen LogP contribution in [0.2, 0.25) is 0 Å². The number of carbonyl (C=O) groups is 2. The Balaban J connectivity index is 2.14. The normalized spacial score (nSPS) is 22.3. The number of benzene rings is 1. The molecule has 0 saturated heterocycles. The molecule has 2 N–H and O–H groups in total. The van der Waals surface area contributed by atoms with Crippen LogP contribution in [0, 0.1) is 5.92 Å². The molecule has 0 unspecified atom stereocenters. The van der Waals surface area contributed by atoms with Gasteiger partial charge in [0.25, 0.3) is 0 Å². The number of aliphatic carboxylic acids is 1. The summed E-state index contributed by atoms with van der Waals surface area (Å²) in [4.78, 5) is 39.6. The molecule has 0 spiro atoms. The molecular formula is C16H15NO4S2. The monoisotopic (exact) mass is 349 g/mol. The molecule has 1 aliphatic rings. The summed E-state index contributed by atoms with van der Waals surface area (Å²) in [5.41, 5.74) is -0.246. The van der Waals surface area contributed by atoms with Crippen molar-refractivity contribution in [3.8, 4) is 0 Å². The maximum atomic E-state index is 13.0. The summed E-state index contributed by atoms with van der Waals surface area (Å²) in [6.45, 7) is 3.66. The van der Waals surface area contributed by atoms with E-state index in [1.54, 1.807) is 24.3 Å². The van der Waals surface area contributed by atoms with Gasteiger partial charge < -0.3 is 10.1 Å². The largest absolute Gasteiger partial charge is 0.480 e. The number of aromatic nitrogens is 1. The number of hydrogen-bond acceptors (Lipinski definition) is 5. The lowest BCUT2D eigenvalue weighted by Crippen LogP contribution is -2.47. The van der Waals surface area contributed by atoms with Crippen LogP contribution in [-0.2, 0) is 10.2 Å². The Hall–Kier alpha value is -1.86. The molecule has 0 saturated carbocycles. The van der Waals surface area contributed by atoms with Crippen LogP contribution in [-0.4, -0.2) is 27.1 Å². The van der Waals surface area contributed by atoms with Gasteiger partial charge in [0.1, 0.15) is 5.25 Å². The summed E-state index contributed by atoms with van der Waals surface area (Å²) in [7, 11) is 0. The molecule has 2 aromatic rings. The van der Waals surface area contributed by atoms with Gasteiger partial charge in [-0.1, -0.05) is 67.3 Å². The first-order valence-corrected chi connectivity index (χ1v) is 8.74. The van der Waals surface area contributed by atoms with Crippen molar-refractivity contribution in [3.05, 3.63) is 50.4 Å². The molecule has 0 aliphatic carbocycles. The molecule has 1 aromatic carbocycles. The third-order valence-corrected chi connectivity index (χ3v) is 6.73.